The minimum absolute atomic E-state index is 0.0650. The molecule has 0 aliphatic heterocycles. The van der Waals surface area contributed by atoms with Crippen molar-refractivity contribution >= 4 is 21.8 Å². The van der Waals surface area contributed by atoms with E-state index in [1.165, 1.54) is 88.7 Å². The normalized spacial score (nSPS) is 13.5. The van der Waals surface area contributed by atoms with Crippen molar-refractivity contribution in [2.75, 3.05) is 0 Å². The lowest BCUT2D eigenvalue weighted by atomic mass is 9.78. The Morgan fingerprint density at radius 1 is 0.377 bits per heavy atom. The Morgan fingerprint density at radius 3 is 1.79 bits per heavy atom. The Hall–Kier alpha value is -6.44. The number of rotatable bonds is 6. The molecule has 53 heavy (non-hydrogen) atoms. The van der Waals surface area contributed by atoms with E-state index in [9.17, 15) is 0 Å². The van der Waals surface area contributed by atoms with Gasteiger partial charge in [-0.05, 0) is 91.5 Å². The zero-order chi connectivity index (χ0) is 35.5. The number of benzene rings is 8. The molecule has 1 aliphatic carbocycles. The smallest absolute Gasteiger partial charge is 0.0541 e. The molecule has 1 atom stereocenters. The summed E-state index contributed by atoms with van der Waals surface area (Å²) in [7, 11) is 0. The zero-order valence-corrected chi connectivity index (χ0v) is 30.0. The van der Waals surface area contributed by atoms with Crippen LogP contribution in [0.25, 0.3) is 60.9 Å². The molecule has 1 heterocycles. The van der Waals surface area contributed by atoms with Crippen molar-refractivity contribution in [3.05, 3.63) is 222 Å². The Morgan fingerprint density at radius 2 is 0.962 bits per heavy atom. The van der Waals surface area contributed by atoms with E-state index in [2.05, 4.69) is 213 Å². The van der Waals surface area contributed by atoms with Gasteiger partial charge in [-0.1, -0.05) is 178 Å². The number of fused-ring (bicyclic) bond motifs is 6. The fraction of sp³-hybridized carbons (Fsp3) is 0.0769. The van der Waals surface area contributed by atoms with E-state index in [0.29, 0.717) is 0 Å². The molecular formula is C52H39N. The van der Waals surface area contributed by atoms with Crippen LogP contribution in [0.5, 0.6) is 0 Å². The summed E-state index contributed by atoms with van der Waals surface area (Å²) in [5, 5.41) is 2.54. The second-order valence-corrected chi connectivity index (χ2v) is 14.9. The number of hydrogen-bond acceptors (Lipinski definition) is 0. The minimum Gasteiger partial charge on any atom is -0.309 e. The van der Waals surface area contributed by atoms with Crippen LogP contribution in [-0.4, -0.2) is 4.57 Å². The van der Waals surface area contributed by atoms with Gasteiger partial charge in [0.1, 0.15) is 0 Å². The molecule has 0 fully saturated rings. The summed E-state index contributed by atoms with van der Waals surface area (Å²) in [5.74, 6) is 0.0730. The highest BCUT2D eigenvalue weighted by atomic mass is 15.0. The lowest BCUT2D eigenvalue weighted by molar-refractivity contribution is 0.659. The van der Waals surface area contributed by atoms with Gasteiger partial charge in [-0.15, -0.1) is 0 Å². The highest BCUT2D eigenvalue weighted by Gasteiger charge is 2.36. The van der Waals surface area contributed by atoms with Crippen LogP contribution in [0.15, 0.2) is 194 Å². The molecular weight excluding hydrogens is 639 g/mol. The first kappa shape index (κ1) is 31.3. The summed E-state index contributed by atoms with van der Waals surface area (Å²) in [6, 6.07) is 71.6. The molecule has 1 heteroatoms. The van der Waals surface area contributed by atoms with Gasteiger partial charge in [0.05, 0.1) is 11.0 Å². The predicted octanol–water partition coefficient (Wildman–Crippen LogP) is 13.6. The predicted molar refractivity (Wildman–Crippen MR) is 223 cm³/mol. The SMILES string of the molecule is CC1(C)c2ccccc2-c2ccc(C(c3ccc(-c4ccc5c(c4)c4ccccc4n5-c4ccccc4)cc3)c3cccc(-c4ccccc4)c3)cc21. The molecule has 1 unspecified atom stereocenters. The van der Waals surface area contributed by atoms with Crippen LogP contribution in [-0.2, 0) is 5.41 Å². The molecule has 1 aromatic heterocycles. The number of nitrogens with zero attached hydrogens (tertiary/aromatic N) is 1. The van der Waals surface area contributed by atoms with Gasteiger partial charge >= 0.3 is 0 Å². The van der Waals surface area contributed by atoms with E-state index in [-0.39, 0.29) is 11.3 Å². The fourth-order valence-electron chi connectivity index (χ4n) is 8.88. The Bertz CT molecular complexity index is 2790. The molecule has 252 valence electrons. The van der Waals surface area contributed by atoms with Gasteiger partial charge in [0.15, 0.2) is 0 Å². The van der Waals surface area contributed by atoms with Crippen molar-refractivity contribution in [3.8, 4) is 39.1 Å². The van der Waals surface area contributed by atoms with Gasteiger partial charge in [-0.2, -0.15) is 0 Å². The van der Waals surface area contributed by atoms with Crippen LogP contribution < -0.4 is 0 Å². The number of para-hydroxylation sites is 2. The van der Waals surface area contributed by atoms with Crippen molar-refractivity contribution < 1.29 is 0 Å². The van der Waals surface area contributed by atoms with Crippen molar-refractivity contribution in [2.24, 2.45) is 0 Å². The molecule has 10 rings (SSSR count). The molecule has 9 aromatic rings. The summed E-state index contributed by atoms with van der Waals surface area (Å²) in [6.45, 7) is 4.74. The highest BCUT2D eigenvalue weighted by Crippen LogP contribution is 2.50. The maximum Gasteiger partial charge on any atom is 0.0541 e. The molecule has 0 amide bonds. The van der Waals surface area contributed by atoms with Gasteiger partial charge in [0, 0.05) is 27.8 Å². The topological polar surface area (TPSA) is 4.93 Å². The maximum absolute atomic E-state index is 2.49. The minimum atomic E-state index is -0.0650. The zero-order valence-electron chi connectivity index (χ0n) is 30.0. The van der Waals surface area contributed by atoms with E-state index in [1.807, 2.05) is 0 Å². The summed E-state index contributed by atoms with van der Waals surface area (Å²) in [6.07, 6.45) is 0. The lowest BCUT2D eigenvalue weighted by Gasteiger charge is -2.25. The number of aromatic nitrogens is 1. The molecule has 1 nitrogen and oxygen atoms in total. The third kappa shape index (κ3) is 5.15. The largest absolute Gasteiger partial charge is 0.309 e. The van der Waals surface area contributed by atoms with Crippen molar-refractivity contribution in [1.82, 2.24) is 4.57 Å². The van der Waals surface area contributed by atoms with Crippen LogP contribution in [0.2, 0.25) is 0 Å². The van der Waals surface area contributed by atoms with Crippen LogP contribution in [0.3, 0.4) is 0 Å². The molecule has 0 N–H and O–H groups in total. The lowest BCUT2D eigenvalue weighted by Crippen LogP contribution is -2.15. The third-order valence-electron chi connectivity index (χ3n) is 11.5. The van der Waals surface area contributed by atoms with Crippen LogP contribution in [0, 0.1) is 0 Å². The quantitative estimate of drug-likeness (QED) is 0.154. The van der Waals surface area contributed by atoms with Gasteiger partial charge in [-0.3, -0.25) is 0 Å². The van der Waals surface area contributed by atoms with E-state index >= 15 is 0 Å². The molecule has 0 saturated carbocycles. The van der Waals surface area contributed by atoms with Crippen LogP contribution in [0.1, 0.15) is 47.6 Å². The second-order valence-electron chi connectivity index (χ2n) is 14.9. The fourth-order valence-corrected chi connectivity index (χ4v) is 8.88. The van der Waals surface area contributed by atoms with Gasteiger partial charge in [0.2, 0.25) is 0 Å². The molecule has 8 aromatic carbocycles. The highest BCUT2D eigenvalue weighted by molar-refractivity contribution is 6.10. The Kier molecular flexibility index (Phi) is 7.30. The van der Waals surface area contributed by atoms with E-state index < -0.39 is 0 Å². The van der Waals surface area contributed by atoms with Gasteiger partial charge in [0.25, 0.3) is 0 Å². The first-order chi connectivity index (χ1) is 26.0. The average Bonchev–Trinajstić information content (AvgIpc) is 3.67. The van der Waals surface area contributed by atoms with Crippen molar-refractivity contribution in [2.45, 2.75) is 25.2 Å². The first-order valence-electron chi connectivity index (χ1n) is 18.6. The van der Waals surface area contributed by atoms with Crippen LogP contribution >= 0.6 is 0 Å². The Labute approximate surface area is 311 Å². The van der Waals surface area contributed by atoms with Crippen LogP contribution in [0.4, 0.5) is 0 Å². The molecule has 0 radical (unpaired) electrons. The van der Waals surface area contributed by atoms with E-state index in [4.69, 9.17) is 0 Å². The Balaban J connectivity index is 1.09. The first-order valence-corrected chi connectivity index (χ1v) is 18.6. The average molecular weight is 678 g/mol. The summed E-state index contributed by atoms with van der Waals surface area (Å²) in [5.41, 5.74) is 17.9. The van der Waals surface area contributed by atoms with Crippen molar-refractivity contribution in [1.29, 1.82) is 0 Å². The van der Waals surface area contributed by atoms with E-state index in [1.54, 1.807) is 0 Å². The standard InChI is InChI=1S/C52H39N/c1-52(2)47-22-11-9-20-43(47)44-30-28-41(34-48(44)52)51(40-17-13-16-38(32-40)35-14-5-3-6-15-35)37-26-24-36(25-27-37)39-29-31-50-46(33-39)45-21-10-12-23-49(45)53(50)42-18-7-4-8-19-42/h3-34,51H,1-2H3. The van der Waals surface area contributed by atoms with Gasteiger partial charge in [-0.25, -0.2) is 0 Å². The van der Waals surface area contributed by atoms with Gasteiger partial charge < -0.3 is 4.57 Å². The maximum atomic E-state index is 2.49. The summed E-state index contributed by atoms with van der Waals surface area (Å²) in [4.78, 5) is 0. The molecule has 0 saturated heterocycles. The van der Waals surface area contributed by atoms with Crippen molar-refractivity contribution in [3.63, 3.8) is 0 Å². The second kappa shape index (κ2) is 12.4. The monoisotopic (exact) mass is 677 g/mol. The molecule has 1 aliphatic rings. The molecule has 0 spiro atoms. The summed E-state index contributed by atoms with van der Waals surface area (Å²) >= 11 is 0. The third-order valence-corrected chi connectivity index (χ3v) is 11.5. The molecule has 0 bridgehead atoms. The number of hydrogen-bond donors (Lipinski definition) is 0. The van der Waals surface area contributed by atoms with E-state index in [0.717, 1.165) is 0 Å². The summed E-state index contributed by atoms with van der Waals surface area (Å²) < 4.78 is 2.38.